The molecule has 0 bridgehead atoms. The van der Waals surface area contributed by atoms with Crippen LogP contribution in [0.5, 0.6) is 0 Å². The lowest BCUT2D eigenvalue weighted by atomic mass is 10.2. The summed E-state index contributed by atoms with van der Waals surface area (Å²) in [7, 11) is 0. The first-order chi connectivity index (χ1) is 7.58. The molecular weight excluding hydrogens is 275 g/mol. The monoisotopic (exact) mass is 284 g/mol. The molecule has 1 heterocycles. The molecule has 0 aliphatic heterocycles. The maximum atomic E-state index is 13.1. The number of hydrogen-bond donors (Lipinski definition) is 1. The topological polar surface area (TPSA) is 52.0 Å². The van der Waals surface area contributed by atoms with E-state index in [2.05, 4.69) is 20.9 Å². The quantitative estimate of drug-likeness (QED) is 0.921. The van der Waals surface area contributed by atoms with Crippen LogP contribution < -0.4 is 5.73 Å². The molecule has 0 aliphatic carbocycles. The minimum Gasteiger partial charge on any atom is -0.439 e. The average Bonchev–Trinajstić information content (AvgIpc) is 2.70. The number of oxazole rings is 1. The second kappa shape index (κ2) is 4.35. The molecule has 5 heteroatoms. The van der Waals surface area contributed by atoms with Gasteiger partial charge in [-0.25, -0.2) is 9.37 Å². The van der Waals surface area contributed by atoms with Crippen molar-refractivity contribution in [2.24, 2.45) is 5.73 Å². The van der Waals surface area contributed by atoms with Crippen LogP contribution in [0.25, 0.3) is 11.3 Å². The van der Waals surface area contributed by atoms with E-state index in [1.54, 1.807) is 13.0 Å². The molecule has 0 saturated carbocycles. The predicted molar refractivity (Wildman–Crippen MR) is 62.2 cm³/mol. The number of nitrogens with two attached hydrogens (primary N) is 1. The standard InChI is InChI=1S/C11H10BrFN2O/c1-6(14)11-15-5-10(16-11)8-4-7(13)2-3-9(8)12/h2-6H,14H2,1H3. The molecule has 0 spiro atoms. The summed E-state index contributed by atoms with van der Waals surface area (Å²) in [5.41, 5.74) is 6.26. The van der Waals surface area contributed by atoms with Crippen LogP contribution in [0.4, 0.5) is 4.39 Å². The Kier molecular flexibility index (Phi) is 3.07. The fourth-order valence-corrected chi connectivity index (χ4v) is 1.75. The summed E-state index contributed by atoms with van der Waals surface area (Å²) >= 11 is 3.33. The summed E-state index contributed by atoms with van der Waals surface area (Å²) in [4.78, 5) is 4.03. The largest absolute Gasteiger partial charge is 0.439 e. The summed E-state index contributed by atoms with van der Waals surface area (Å²) in [5, 5.41) is 0. The highest BCUT2D eigenvalue weighted by molar-refractivity contribution is 9.10. The summed E-state index contributed by atoms with van der Waals surface area (Å²) in [6.45, 7) is 1.77. The van der Waals surface area contributed by atoms with Crippen molar-refractivity contribution in [1.29, 1.82) is 0 Å². The van der Waals surface area contributed by atoms with E-state index in [1.807, 2.05) is 0 Å². The Morgan fingerprint density at radius 1 is 1.50 bits per heavy atom. The SMILES string of the molecule is CC(N)c1ncc(-c2cc(F)ccc2Br)o1. The first-order valence-electron chi connectivity index (χ1n) is 4.74. The number of benzene rings is 1. The molecule has 0 aliphatic rings. The average molecular weight is 285 g/mol. The van der Waals surface area contributed by atoms with Crippen molar-refractivity contribution in [3.63, 3.8) is 0 Å². The highest BCUT2D eigenvalue weighted by Gasteiger charge is 2.12. The predicted octanol–water partition coefficient (Wildman–Crippen LogP) is 3.26. The first-order valence-corrected chi connectivity index (χ1v) is 5.54. The first kappa shape index (κ1) is 11.3. The van der Waals surface area contributed by atoms with Gasteiger partial charge in [0.25, 0.3) is 0 Å². The molecule has 2 rings (SSSR count). The maximum Gasteiger partial charge on any atom is 0.211 e. The lowest BCUT2D eigenvalue weighted by Crippen LogP contribution is -2.04. The van der Waals surface area contributed by atoms with E-state index in [0.717, 1.165) is 4.47 Å². The summed E-state index contributed by atoms with van der Waals surface area (Å²) in [6, 6.07) is 4.10. The van der Waals surface area contributed by atoms with Crippen LogP contribution in [0.1, 0.15) is 18.9 Å². The molecule has 2 N–H and O–H groups in total. The van der Waals surface area contributed by atoms with Gasteiger partial charge >= 0.3 is 0 Å². The lowest BCUT2D eigenvalue weighted by molar-refractivity contribution is 0.473. The Bertz CT molecular complexity index is 510. The molecule has 1 aromatic heterocycles. The van der Waals surface area contributed by atoms with Gasteiger partial charge < -0.3 is 10.2 Å². The van der Waals surface area contributed by atoms with E-state index in [1.165, 1.54) is 18.3 Å². The van der Waals surface area contributed by atoms with Crippen LogP contribution in [0.3, 0.4) is 0 Å². The maximum absolute atomic E-state index is 13.1. The van der Waals surface area contributed by atoms with Crippen molar-refractivity contribution >= 4 is 15.9 Å². The molecule has 1 aromatic carbocycles. The van der Waals surface area contributed by atoms with Gasteiger partial charge in [0.05, 0.1) is 12.2 Å². The van der Waals surface area contributed by atoms with E-state index >= 15 is 0 Å². The van der Waals surface area contributed by atoms with E-state index in [4.69, 9.17) is 10.2 Å². The molecule has 3 nitrogen and oxygen atoms in total. The van der Waals surface area contributed by atoms with Crippen LogP contribution in [0.15, 0.2) is 33.3 Å². The Hall–Kier alpha value is -1.20. The van der Waals surface area contributed by atoms with Gasteiger partial charge in [0, 0.05) is 10.0 Å². The molecule has 16 heavy (non-hydrogen) atoms. The lowest BCUT2D eigenvalue weighted by Gasteiger charge is -2.01. The molecular formula is C11H10BrFN2O. The van der Waals surface area contributed by atoms with Crippen molar-refractivity contribution in [2.75, 3.05) is 0 Å². The zero-order chi connectivity index (χ0) is 11.7. The van der Waals surface area contributed by atoms with Gasteiger partial charge in [-0.05, 0) is 25.1 Å². The van der Waals surface area contributed by atoms with Gasteiger partial charge in [-0.3, -0.25) is 0 Å². The van der Waals surface area contributed by atoms with Crippen LogP contribution >= 0.6 is 15.9 Å². The zero-order valence-corrected chi connectivity index (χ0v) is 10.2. The Labute approximate surface area is 101 Å². The van der Waals surface area contributed by atoms with Crippen LogP contribution in [-0.4, -0.2) is 4.98 Å². The van der Waals surface area contributed by atoms with E-state index in [-0.39, 0.29) is 11.9 Å². The van der Waals surface area contributed by atoms with Crippen LogP contribution in [0, 0.1) is 5.82 Å². The van der Waals surface area contributed by atoms with Gasteiger partial charge in [0.1, 0.15) is 5.82 Å². The molecule has 84 valence electrons. The molecule has 2 aromatic rings. The fraction of sp³-hybridized carbons (Fsp3) is 0.182. The van der Waals surface area contributed by atoms with Gasteiger partial charge in [0.15, 0.2) is 5.76 Å². The van der Waals surface area contributed by atoms with Crippen LogP contribution in [0.2, 0.25) is 0 Å². The van der Waals surface area contributed by atoms with Crippen molar-refractivity contribution in [3.05, 3.63) is 40.6 Å². The highest BCUT2D eigenvalue weighted by atomic mass is 79.9. The van der Waals surface area contributed by atoms with Crippen LogP contribution in [-0.2, 0) is 0 Å². The molecule has 0 saturated heterocycles. The summed E-state index contributed by atoms with van der Waals surface area (Å²) < 4.78 is 19.3. The number of rotatable bonds is 2. The molecule has 1 unspecified atom stereocenters. The fourth-order valence-electron chi connectivity index (χ4n) is 1.31. The van der Waals surface area contributed by atoms with Gasteiger partial charge in [-0.15, -0.1) is 0 Å². The Morgan fingerprint density at radius 2 is 2.25 bits per heavy atom. The smallest absolute Gasteiger partial charge is 0.211 e. The van der Waals surface area contributed by atoms with Gasteiger partial charge in [0.2, 0.25) is 5.89 Å². The van der Waals surface area contributed by atoms with Crippen molar-refractivity contribution in [2.45, 2.75) is 13.0 Å². The van der Waals surface area contributed by atoms with Gasteiger partial charge in [-0.2, -0.15) is 0 Å². The third kappa shape index (κ3) is 2.15. The minimum atomic E-state index is -0.322. The summed E-state index contributed by atoms with van der Waals surface area (Å²) in [5.74, 6) is 0.613. The Balaban J connectivity index is 2.46. The van der Waals surface area contributed by atoms with Crippen molar-refractivity contribution in [1.82, 2.24) is 4.98 Å². The van der Waals surface area contributed by atoms with E-state index in [0.29, 0.717) is 17.2 Å². The Morgan fingerprint density at radius 3 is 2.88 bits per heavy atom. The summed E-state index contributed by atoms with van der Waals surface area (Å²) in [6.07, 6.45) is 1.54. The number of aromatic nitrogens is 1. The normalized spacial score (nSPS) is 12.8. The number of nitrogens with zero attached hydrogens (tertiary/aromatic N) is 1. The highest BCUT2D eigenvalue weighted by Crippen LogP contribution is 2.30. The molecule has 0 fully saturated rings. The second-order valence-electron chi connectivity index (χ2n) is 3.48. The van der Waals surface area contributed by atoms with Crippen molar-refractivity contribution < 1.29 is 8.81 Å². The van der Waals surface area contributed by atoms with Gasteiger partial charge in [-0.1, -0.05) is 15.9 Å². The second-order valence-corrected chi connectivity index (χ2v) is 4.33. The number of hydrogen-bond acceptors (Lipinski definition) is 3. The third-order valence-corrected chi connectivity index (χ3v) is 2.80. The number of halogens is 2. The van der Waals surface area contributed by atoms with Crippen molar-refractivity contribution in [3.8, 4) is 11.3 Å². The molecule has 0 amide bonds. The van der Waals surface area contributed by atoms with E-state index in [9.17, 15) is 4.39 Å². The minimum absolute atomic E-state index is 0.277. The van der Waals surface area contributed by atoms with E-state index < -0.39 is 0 Å². The third-order valence-electron chi connectivity index (χ3n) is 2.11. The molecule has 1 atom stereocenters. The molecule has 0 radical (unpaired) electrons. The zero-order valence-electron chi connectivity index (χ0n) is 8.58.